The van der Waals surface area contributed by atoms with Crippen molar-refractivity contribution in [1.82, 2.24) is 5.32 Å². The van der Waals surface area contributed by atoms with Crippen molar-refractivity contribution in [3.63, 3.8) is 0 Å². The number of carbonyl (C=O) groups excluding carboxylic acids is 1. The fraction of sp³-hybridized carbons (Fsp3) is 0.545. The highest BCUT2D eigenvalue weighted by Gasteiger charge is 2.11. The molecule has 0 aliphatic carbocycles. The Kier molecular flexibility index (Phi) is 5.80. The summed E-state index contributed by atoms with van der Waals surface area (Å²) in [6.07, 6.45) is 2.47. The van der Waals surface area contributed by atoms with Crippen molar-refractivity contribution in [2.24, 2.45) is 5.73 Å². The molecule has 0 aliphatic rings. The van der Waals surface area contributed by atoms with Crippen LogP contribution in [-0.4, -0.2) is 18.5 Å². The molecular formula is C11H17ClN2OS. The lowest BCUT2D eigenvalue weighted by molar-refractivity contribution is -0.122. The highest BCUT2D eigenvalue weighted by Crippen LogP contribution is 2.21. The Hall–Kier alpha value is -0.580. The molecule has 1 aromatic heterocycles. The van der Waals surface area contributed by atoms with Crippen molar-refractivity contribution in [3.05, 3.63) is 21.3 Å². The molecule has 1 rings (SSSR count). The van der Waals surface area contributed by atoms with E-state index in [1.165, 1.54) is 4.88 Å². The molecule has 0 saturated heterocycles. The van der Waals surface area contributed by atoms with E-state index in [2.05, 4.69) is 5.32 Å². The summed E-state index contributed by atoms with van der Waals surface area (Å²) in [6, 6.07) is 3.47. The van der Waals surface area contributed by atoms with Crippen molar-refractivity contribution >= 4 is 28.8 Å². The highest BCUT2D eigenvalue weighted by atomic mass is 35.5. The quantitative estimate of drug-likeness (QED) is 0.824. The van der Waals surface area contributed by atoms with Gasteiger partial charge in [-0.1, -0.05) is 24.9 Å². The van der Waals surface area contributed by atoms with Gasteiger partial charge in [-0.25, -0.2) is 0 Å². The highest BCUT2D eigenvalue weighted by molar-refractivity contribution is 7.16. The molecular weight excluding hydrogens is 244 g/mol. The summed E-state index contributed by atoms with van der Waals surface area (Å²) in [7, 11) is 0. The van der Waals surface area contributed by atoms with Crippen LogP contribution in [0.4, 0.5) is 0 Å². The molecule has 5 heteroatoms. The van der Waals surface area contributed by atoms with Crippen molar-refractivity contribution in [1.29, 1.82) is 0 Å². The number of nitrogens with two attached hydrogens (primary N) is 1. The number of carbonyl (C=O) groups is 1. The van der Waals surface area contributed by atoms with Crippen LogP contribution >= 0.6 is 22.9 Å². The molecule has 1 heterocycles. The zero-order valence-corrected chi connectivity index (χ0v) is 10.9. The predicted molar refractivity (Wildman–Crippen MR) is 68.9 cm³/mol. The summed E-state index contributed by atoms with van der Waals surface area (Å²) < 4.78 is 0.781. The smallest absolute Gasteiger partial charge is 0.236 e. The van der Waals surface area contributed by atoms with Gasteiger partial charge in [-0.05, 0) is 25.0 Å². The third-order valence-corrected chi connectivity index (χ3v) is 3.53. The lowest BCUT2D eigenvalue weighted by Crippen LogP contribution is -2.41. The third kappa shape index (κ3) is 4.51. The van der Waals surface area contributed by atoms with Gasteiger partial charge in [0.05, 0.1) is 10.4 Å². The first-order valence-electron chi connectivity index (χ1n) is 5.41. The standard InChI is InChI=1S/C11H17ClN2OS/c1-2-3-9(13)11(15)14-7-6-8-4-5-10(12)16-8/h4-5,9H,2-3,6-7,13H2,1H3,(H,14,15)/t9-/m0/s1. The summed E-state index contributed by atoms with van der Waals surface area (Å²) in [5.41, 5.74) is 5.68. The number of hydrogen-bond acceptors (Lipinski definition) is 3. The van der Waals surface area contributed by atoms with Crippen LogP contribution in [0.1, 0.15) is 24.6 Å². The van der Waals surface area contributed by atoms with E-state index >= 15 is 0 Å². The Labute approximate surface area is 105 Å². The van der Waals surface area contributed by atoms with E-state index in [1.54, 1.807) is 11.3 Å². The predicted octanol–water partition coefficient (Wildman–Crippen LogP) is 2.19. The molecule has 1 aromatic rings. The number of thiophene rings is 1. The number of hydrogen-bond donors (Lipinski definition) is 2. The summed E-state index contributed by atoms with van der Waals surface area (Å²) in [4.78, 5) is 12.6. The topological polar surface area (TPSA) is 55.1 Å². The van der Waals surface area contributed by atoms with Gasteiger partial charge in [0.2, 0.25) is 5.91 Å². The first kappa shape index (κ1) is 13.5. The summed E-state index contributed by atoms with van der Waals surface area (Å²) in [5, 5.41) is 2.82. The Balaban J connectivity index is 2.22. The van der Waals surface area contributed by atoms with Crippen LogP contribution in [0.5, 0.6) is 0 Å². The van der Waals surface area contributed by atoms with E-state index in [-0.39, 0.29) is 11.9 Å². The fourth-order valence-corrected chi connectivity index (χ4v) is 2.46. The van der Waals surface area contributed by atoms with Gasteiger partial charge in [-0.2, -0.15) is 0 Å². The van der Waals surface area contributed by atoms with Gasteiger partial charge in [-0.15, -0.1) is 11.3 Å². The molecule has 3 N–H and O–H groups in total. The Bertz CT molecular complexity index is 340. The van der Waals surface area contributed by atoms with Crippen LogP contribution in [0.25, 0.3) is 0 Å². The van der Waals surface area contributed by atoms with Gasteiger partial charge in [0.25, 0.3) is 0 Å². The second-order valence-corrected chi connectivity index (χ2v) is 5.44. The molecule has 0 radical (unpaired) electrons. The third-order valence-electron chi connectivity index (χ3n) is 2.24. The maximum Gasteiger partial charge on any atom is 0.236 e. The molecule has 0 unspecified atom stereocenters. The van der Waals surface area contributed by atoms with E-state index in [0.29, 0.717) is 6.54 Å². The normalized spacial score (nSPS) is 12.4. The minimum atomic E-state index is -0.378. The van der Waals surface area contributed by atoms with E-state index in [4.69, 9.17) is 17.3 Å². The molecule has 0 bridgehead atoms. The maximum atomic E-state index is 11.5. The van der Waals surface area contributed by atoms with Crippen LogP contribution < -0.4 is 11.1 Å². The Morgan fingerprint density at radius 2 is 2.38 bits per heavy atom. The van der Waals surface area contributed by atoms with Crippen LogP contribution in [0.15, 0.2) is 12.1 Å². The second kappa shape index (κ2) is 6.89. The molecule has 0 spiro atoms. The minimum absolute atomic E-state index is 0.0653. The molecule has 0 fully saturated rings. The molecule has 1 atom stereocenters. The van der Waals surface area contributed by atoms with E-state index in [9.17, 15) is 4.79 Å². The number of rotatable bonds is 6. The van der Waals surface area contributed by atoms with Crippen molar-refractivity contribution < 1.29 is 4.79 Å². The fourth-order valence-electron chi connectivity index (χ4n) is 1.37. The van der Waals surface area contributed by atoms with Crippen LogP contribution in [0, 0.1) is 0 Å². The van der Waals surface area contributed by atoms with Crippen LogP contribution in [-0.2, 0) is 11.2 Å². The van der Waals surface area contributed by atoms with E-state index in [0.717, 1.165) is 23.6 Å². The minimum Gasteiger partial charge on any atom is -0.354 e. The Morgan fingerprint density at radius 1 is 1.62 bits per heavy atom. The molecule has 0 aliphatic heterocycles. The van der Waals surface area contributed by atoms with E-state index in [1.807, 2.05) is 19.1 Å². The van der Waals surface area contributed by atoms with Gasteiger partial charge in [0.15, 0.2) is 0 Å². The SMILES string of the molecule is CCC[C@H](N)C(=O)NCCc1ccc(Cl)s1. The lowest BCUT2D eigenvalue weighted by Gasteiger charge is -2.10. The summed E-state index contributed by atoms with van der Waals surface area (Å²) >= 11 is 7.35. The van der Waals surface area contributed by atoms with Gasteiger partial charge in [0.1, 0.15) is 0 Å². The van der Waals surface area contributed by atoms with Gasteiger partial charge in [-0.3, -0.25) is 4.79 Å². The zero-order chi connectivity index (χ0) is 12.0. The average Bonchev–Trinajstić information content (AvgIpc) is 2.64. The van der Waals surface area contributed by atoms with Crippen molar-refractivity contribution in [2.45, 2.75) is 32.2 Å². The van der Waals surface area contributed by atoms with Crippen molar-refractivity contribution in [3.8, 4) is 0 Å². The van der Waals surface area contributed by atoms with Gasteiger partial charge < -0.3 is 11.1 Å². The lowest BCUT2D eigenvalue weighted by atomic mass is 10.1. The first-order chi connectivity index (χ1) is 7.63. The summed E-state index contributed by atoms with van der Waals surface area (Å²) in [5.74, 6) is -0.0653. The molecule has 16 heavy (non-hydrogen) atoms. The molecule has 1 amide bonds. The van der Waals surface area contributed by atoms with Crippen LogP contribution in [0.3, 0.4) is 0 Å². The Morgan fingerprint density at radius 3 is 2.94 bits per heavy atom. The molecule has 0 saturated carbocycles. The van der Waals surface area contributed by atoms with E-state index < -0.39 is 0 Å². The number of halogens is 1. The number of amides is 1. The van der Waals surface area contributed by atoms with Crippen LogP contribution in [0.2, 0.25) is 4.34 Å². The monoisotopic (exact) mass is 260 g/mol. The first-order valence-corrected chi connectivity index (χ1v) is 6.60. The molecule has 3 nitrogen and oxygen atoms in total. The second-order valence-electron chi connectivity index (χ2n) is 3.64. The van der Waals surface area contributed by atoms with Gasteiger partial charge in [0, 0.05) is 11.4 Å². The molecule has 0 aromatic carbocycles. The average molecular weight is 261 g/mol. The van der Waals surface area contributed by atoms with Gasteiger partial charge >= 0.3 is 0 Å². The maximum absolute atomic E-state index is 11.5. The largest absolute Gasteiger partial charge is 0.354 e. The van der Waals surface area contributed by atoms with Crippen molar-refractivity contribution in [2.75, 3.05) is 6.54 Å². The number of nitrogens with one attached hydrogen (secondary N) is 1. The zero-order valence-electron chi connectivity index (χ0n) is 9.33. The summed E-state index contributed by atoms with van der Waals surface area (Å²) in [6.45, 7) is 2.63. The molecule has 90 valence electrons.